The number of ether oxygens (including phenoxy) is 2. The zero-order valence-corrected chi connectivity index (χ0v) is 17.8. The summed E-state index contributed by atoms with van der Waals surface area (Å²) < 4.78 is 11.6. The number of aromatic carboxylic acids is 1. The Balaban J connectivity index is 1.80. The third kappa shape index (κ3) is 4.27. The molecule has 0 radical (unpaired) electrons. The van der Waals surface area contributed by atoms with Crippen LogP contribution in [0.3, 0.4) is 0 Å². The molecule has 162 valence electrons. The Kier molecular flexibility index (Phi) is 6.23. The molecular formula is C24H26N3O4-. The number of benzene rings is 2. The number of aromatic nitrogens is 1. The largest absolute Gasteiger partial charge is 0.545 e. The quantitative estimate of drug-likeness (QED) is 0.581. The minimum atomic E-state index is -1.32. The maximum atomic E-state index is 11.8. The first-order valence-corrected chi connectivity index (χ1v) is 10.6. The lowest BCUT2D eigenvalue weighted by Crippen LogP contribution is -2.36. The lowest BCUT2D eigenvalue weighted by Gasteiger charge is -2.29. The van der Waals surface area contributed by atoms with Crippen molar-refractivity contribution < 1.29 is 19.4 Å². The van der Waals surface area contributed by atoms with Crippen molar-refractivity contribution in [2.45, 2.75) is 13.8 Å². The molecule has 1 aromatic heterocycles. The number of hydrogen-bond donors (Lipinski definition) is 0. The number of carbonyl (C=O) groups excluding carboxylic acids is 1. The minimum absolute atomic E-state index is 0.0696. The number of morpholine rings is 1. The summed E-state index contributed by atoms with van der Waals surface area (Å²) in [5.41, 5.74) is 2.58. The number of para-hydroxylation sites is 1. The van der Waals surface area contributed by atoms with E-state index in [1.165, 1.54) is 6.20 Å². The number of hydrogen-bond acceptors (Lipinski definition) is 7. The van der Waals surface area contributed by atoms with Crippen LogP contribution in [-0.2, 0) is 4.74 Å². The van der Waals surface area contributed by atoms with Crippen molar-refractivity contribution in [1.82, 2.24) is 4.98 Å². The predicted molar refractivity (Wildman–Crippen MR) is 119 cm³/mol. The van der Waals surface area contributed by atoms with Crippen molar-refractivity contribution in [3.05, 3.63) is 54.2 Å². The van der Waals surface area contributed by atoms with E-state index >= 15 is 0 Å². The van der Waals surface area contributed by atoms with Crippen molar-refractivity contribution in [2.75, 3.05) is 49.2 Å². The second kappa shape index (κ2) is 9.22. The molecule has 0 aliphatic carbocycles. The Morgan fingerprint density at radius 2 is 1.90 bits per heavy atom. The first-order valence-electron chi connectivity index (χ1n) is 10.6. The second-order valence-electron chi connectivity index (χ2n) is 7.33. The van der Waals surface area contributed by atoms with Crippen LogP contribution in [0.25, 0.3) is 10.9 Å². The fourth-order valence-corrected chi connectivity index (χ4v) is 3.95. The van der Waals surface area contributed by atoms with Crippen molar-refractivity contribution in [1.29, 1.82) is 0 Å². The highest BCUT2D eigenvalue weighted by Gasteiger charge is 2.19. The van der Waals surface area contributed by atoms with Crippen LogP contribution in [0.5, 0.6) is 11.5 Å². The average molecular weight is 420 g/mol. The number of fused-ring (bicyclic) bond motifs is 1. The van der Waals surface area contributed by atoms with Crippen LogP contribution in [0, 0.1) is 0 Å². The van der Waals surface area contributed by atoms with Gasteiger partial charge in [0.2, 0.25) is 0 Å². The van der Waals surface area contributed by atoms with E-state index in [4.69, 9.17) is 9.47 Å². The van der Waals surface area contributed by atoms with Crippen LogP contribution in [0.15, 0.2) is 48.7 Å². The monoisotopic (exact) mass is 420 g/mol. The first kappa shape index (κ1) is 20.9. The van der Waals surface area contributed by atoms with Crippen LogP contribution >= 0.6 is 0 Å². The fraction of sp³-hybridized carbons (Fsp3) is 0.333. The highest BCUT2D eigenvalue weighted by atomic mass is 16.5. The molecule has 1 aliphatic heterocycles. The maximum absolute atomic E-state index is 11.8. The third-order valence-electron chi connectivity index (χ3n) is 5.56. The summed E-state index contributed by atoms with van der Waals surface area (Å²) in [7, 11) is 0. The minimum Gasteiger partial charge on any atom is -0.545 e. The standard InChI is InChI=1S/C24H27N3O4/c1-3-26(4-2)17-7-5-8-18(15-17)31-23-19-9-6-10-21(27-11-13-30-14-12-27)22(19)25-16-20(23)24(28)29/h5-10,15-16H,3-4,11-14H2,1-2H3,(H,28,29)/p-1. The van der Waals surface area contributed by atoms with Gasteiger partial charge in [-0.2, -0.15) is 0 Å². The van der Waals surface area contributed by atoms with Gasteiger partial charge in [-0.1, -0.05) is 12.1 Å². The molecule has 1 fully saturated rings. The van der Waals surface area contributed by atoms with E-state index < -0.39 is 5.97 Å². The molecule has 2 heterocycles. The number of rotatable bonds is 7. The number of anilines is 2. The zero-order chi connectivity index (χ0) is 21.8. The first-order chi connectivity index (χ1) is 15.1. The van der Waals surface area contributed by atoms with Gasteiger partial charge in [0, 0.05) is 49.5 Å². The molecule has 2 aromatic carbocycles. The molecule has 31 heavy (non-hydrogen) atoms. The van der Waals surface area contributed by atoms with E-state index in [9.17, 15) is 9.90 Å². The maximum Gasteiger partial charge on any atom is 0.147 e. The zero-order valence-electron chi connectivity index (χ0n) is 17.8. The topological polar surface area (TPSA) is 78.0 Å². The SMILES string of the molecule is CCN(CC)c1cccc(Oc2c(C(=O)[O-])cnc3c(N4CCOCC4)cccc23)c1. The van der Waals surface area contributed by atoms with Gasteiger partial charge in [0.05, 0.1) is 36.0 Å². The van der Waals surface area contributed by atoms with Gasteiger partial charge in [-0.25, -0.2) is 0 Å². The molecule has 0 saturated carbocycles. The van der Waals surface area contributed by atoms with E-state index in [1.807, 2.05) is 42.5 Å². The molecular weight excluding hydrogens is 394 g/mol. The molecule has 4 rings (SSSR count). The second-order valence-corrected chi connectivity index (χ2v) is 7.33. The van der Waals surface area contributed by atoms with E-state index in [1.54, 1.807) is 0 Å². The van der Waals surface area contributed by atoms with Gasteiger partial charge in [-0.15, -0.1) is 0 Å². The molecule has 0 bridgehead atoms. The highest BCUT2D eigenvalue weighted by Crippen LogP contribution is 2.37. The van der Waals surface area contributed by atoms with Gasteiger partial charge >= 0.3 is 0 Å². The van der Waals surface area contributed by atoms with Gasteiger partial charge in [0.1, 0.15) is 11.5 Å². The molecule has 0 unspecified atom stereocenters. The van der Waals surface area contributed by atoms with Crippen molar-refractivity contribution >= 4 is 28.2 Å². The Morgan fingerprint density at radius 1 is 1.16 bits per heavy atom. The normalized spacial score (nSPS) is 13.9. The van der Waals surface area contributed by atoms with Gasteiger partial charge < -0.3 is 29.2 Å². The summed E-state index contributed by atoms with van der Waals surface area (Å²) in [5, 5.41) is 12.5. The number of carboxylic acid groups (broad SMARTS) is 1. The molecule has 0 N–H and O–H groups in total. The summed E-state index contributed by atoms with van der Waals surface area (Å²) in [6.45, 7) is 8.72. The number of carbonyl (C=O) groups is 1. The van der Waals surface area contributed by atoms with E-state index in [2.05, 4.69) is 28.6 Å². The molecule has 1 saturated heterocycles. The lowest BCUT2D eigenvalue weighted by atomic mass is 10.1. The van der Waals surface area contributed by atoms with Crippen molar-refractivity contribution in [3.8, 4) is 11.5 Å². The van der Waals surface area contributed by atoms with Crippen LogP contribution in [0.4, 0.5) is 11.4 Å². The summed E-state index contributed by atoms with van der Waals surface area (Å²) in [6.07, 6.45) is 1.32. The van der Waals surface area contributed by atoms with E-state index in [0.717, 1.165) is 37.6 Å². The van der Waals surface area contributed by atoms with Crippen LogP contribution in [0.2, 0.25) is 0 Å². The van der Waals surface area contributed by atoms with Gasteiger partial charge in [0.25, 0.3) is 0 Å². The Bertz CT molecular complexity index is 1080. The van der Waals surface area contributed by atoms with Crippen molar-refractivity contribution in [2.24, 2.45) is 0 Å². The molecule has 0 spiro atoms. The van der Waals surface area contributed by atoms with Crippen molar-refractivity contribution in [3.63, 3.8) is 0 Å². The molecule has 0 amide bonds. The fourth-order valence-electron chi connectivity index (χ4n) is 3.95. The number of nitrogens with zero attached hydrogens (tertiary/aromatic N) is 3. The summed E-state index contributed by atoms with van der Waals surface area (Å²) in [4.78, 5) is 20.7. The molecule has 3 aromatic rings. The summed E-state index contributed by atoms with van der Waals surface area (Å²) >= 11 is 0. The van der Waals surface area contributed by atoms with E-state index in [0.29, 0.717) is 29.9 Å². The van der Waals surface area contributed by atoms with Gasteiger partial charge in [-0.05, 0) is 38.1 Å². The average Bonchev–Trinajstić information content (AvgIpc) is 2.80. The van der Waals surface area contributed by atoms with Crippen LogP contribution in [0.1, 0.15) is 24.2 Å². The Hall–Kier alpha value is -3.32. The Labute approximate surface area is 181 Å². The third-order valence-corrected chi connectivity index (χ3v) is 5.56. The molecule has 7 nitrogen and oxygen atoms in total. The lowest BCUT2D eigenvalue weighted by molar-refractivity contribution is -0.255. The van der Waals surface area contributed by atoms with Gasteiger partial charge in [0.15, 0.2) is 0 Å². The number of pyridine rings is 1. The predicted octanol–water partition coefficient (Wildman–Crippen LogP) is 3.07. The van der Waals surface area contributed by atoms with Gasteiger partial charge in [-0.3, -0.25) is 4.98 Å². The molecule has 1 aliphatic rings. The highest BCUT2D eigenvalue weighted by molar-refractivity contribution is 6.02. The summed E-state index contributed by atoms with van der Waals surface area (Å²) in [5.74, 6) is -0.506. The number of carboxylic acids is 1. The van der Waals surface area contributed by atoms with Crippen LogP contribution in [-0.4, -0.2) is 50.3 Å². The molecule has 7 heteroatoms. The van der Waals surface area contributed by atoms with E-state index in [-0.39, 0.29) is 11.3 Å². The Morgan fingerprint density at radius 3 is 2.61 bits per heavy atom. The smallest absolute Gasteiger partial charge is 0.147 e. The summed E-state index contributed by atoms with van der Waals surface area (Å²) in [6, 6.07) is 13.4. The van der Waals surface area contributed by atoms with Crippen LogP contribution < -0.4 is 19.6 Å². The molecule has 0 atom stereocenters.